The minimum atomic E-state index is -0.397. The number of aromatic nitrogens is 1. The summed E-state index contributed by atoms with van der Waals surface area (Å²) in [6.45, 7) is 0. The van der Waals surface area contributed by atoms with Crippen molar-refractivity contribution in [1.29, 1.82) is 0 Å². The van der Waals surface area contributed by atoms with Gasteiger partial charge in [-0.1, -0.05) is 6.07 Å². The molecule has 0 aliphatic heterocycles. The van der Waals surface area contributed by atoms with Crippen LogP contribution < -0.4 is 10.2 Å². The first-order valence-electron chi connectivity index (χ1n) is 6.06. The van der Waals surface area contributed by atoms with Crippen LogP contribution in [0.3, 0.4) is 0 Å². The zero-order valence-corrected chi connectivity index (χ0v) is 11.0. The molecule has 5 nitrogen and oxygen atoms in total. The Kier molecular flexibility index (Phi) is 2.57. The fourth-order valence-corrected chi connectivity index (χ4v) is 2.50. The van der Waals surface area contributed by atoms with Gasteiger partial charge in [-0.25, -0.2) is 0 Å². The van der Waals surface area contributed by atoms with E-state index in [0.717, 1.165) is 0 Å². The topological polar surface area (TPSA) is 71.7 Å². The van der Waals surface area contributed by atoms with E-state index in [9.17, 15) is 15.0 Å². The summed E-state index contributed by atoms with van der Waals surface area (Å²) >= 11 is 0. The lowest BCUT2D eigenvalue weighted by Crippen LogP contribution is -2.09. The molecule has 2 N–H and O–H groups in total. The number of aromatic hydroxyl groups is 2. The number of ether oxygens (including phenoxy) is 1. The summed E-state index contributed by atoms with van der Waals surface area (Å²) in [5.74, 6) is 0.204. The molecule has 0 fully saturated rings. The molecule has 0 unspecified atom stereocenters. The van der Waals surface area contributed by atoms with E-state index in [1.807, 2.05) is 0 Å². The highest BCUT2D eigenvalue weighted by Crippen LogP contribution is 2.31. The second-order valence-corrected chi connectivity index (χ2v) is 4.60. The van der Waals surface area contributed by atoms with Gasteiger partial charge in [-0.05, 0) is 12.1 Å². The van der Waals surface area contributed by atoms with Crippen molar-refractivity contribution in [2.24, 2.45) is 7.05 Å². The third-order valence-corrected chi connectivity index (χ3v) is 3.50. The Balaban J connectivity index is 2.66. The van der Waals surface area contributed by atoms with Crippen LogP contribution in [0.2, 0.25) is 0 Å². The van der Waals surface area contributed by atoms with Gasteiger partial charge in [0.2, 0.25) is 5.43 Å². The molecule has 0 bridgehead atoms. The number of hydrogen-bond acceptors (Lipinski definition) is 4. The Bertz CT molecular complexity index is 896. The molecule has 0 saturated carbocycles. The zero-order valence-electron chi connectivity index (χ0n) is 11.0. The van der Waals surface area contributed by atoms with Crippen molar-refractivity contribution < 1.29 is 14.9 Å². The van der Waals surface area contributed by atoms with Crippen LogP contribution in [0.4, 0.5) is 0 Å². The number of rotatable bonds is 1. The third-order valence-electron chi connectivity index (χ3n) is 3.50. The van der Waals surface area contributed by atoms with Gasteiger partial charge in [-0.15, -0.1) is 0 Å². The molecule has 0 spiro atoms. The van der Waals surface area contributed by atoms with E-state index in [0.29, 0.717) is 16.8 Å². The minimum Gasteiger partial charge on any atom is -0.507 e. The highest BCUT2D eigenvalue weighted by Gasteiger charge is 2.15. The first-order valence-corrected chi connectivity index (χ1v) is 6.06. The fraction of sp³-hybridized carbons (Fsp3) is 0.133. The summed E-state index contributed by atoms with van der Waals surface area (Å²) in [4.78, 5) is 12.5. The fourth-order valence-electron chi connectivity index (χ4n) is 2.50. The smallest absolute Gasteiger partial charge is 0.204 e. The first kappa shape index (κ1) is 12.3. The minimum absolute atomic E-state index is 0.0970. The van der Waals surface area contributed by atoms with Crippen LogP contribution in [0.25, 0.3) is 21.8 Å². The lowest BCUT2D eigenvalue weighted by molar-refractivity contribution is 0.409. The van der Waals surface area contributed by atoms with Crippen LogP contribution in [0.1, 0.15) is 0 Å². The van der Waals surface area contributed by atoms with Crippen molar-refractivity contribution in [3.05, 3.63) is 40.6 Å². The Labute approximate surface area is 114 Å². The molecule has 0 aliphatic carbocycles. The standard InChI is InChI=1S/C15H13NO4/c1-16-9-4-3-5-11(17)13(9)15(19)14-10(16)6-8(20-2)7-12(14)18/h3-7,17-18H,1-2H3. The van der Waals surface area contributed by atoms with Crippen LogP contribution in [0.5, 0.6) is 17.2 Å². The number of benzene rings is 2. The predicted octanol–water partition coefficient (Wildman–Crippen LogP) is 2.11. The van der Waals surface area contributed by atoms with Crippen LogP contribution in [-0.2, 0) is 7.05 Å². The van der Waals surface area contributed by atoms with Crippen LogP contribution in [0, 0.1) is 0 Å². The second-order valence-electron chi connectivity index (χ2n) is 4.60. The molecule has 0 saturated heterocycles. The van der Waals surface area contributed by atoms with Crippen molar-refractivity contribution in [1.82, 2.24) is 4.57 Å². The van der Waals surface area contributed by atoms with E-state index in [2.05, 4.69) is 0 Å². The highest BCUT2D eigenvalue weighted by atomic mass is 16.5. The maximum absolute atomic E-state index is 12.5. The number of phenolic OH excluding ortho intramolecular Hbond substituents is 2. The normalized spacial score (nSPS) is 11.1. The van der Waals surface area contributed by atoms with Crippen LogP contribution in [-0.4, -0.2) is 21.9 Å². The Morgan fingerprint density at radius 2 is 1.75 bits per heavy atom. The lowest BCUT2D eigenvalue weighted by atomic mass is 10.1. The van der Waals surface area contributed by atoms with E-state index in [-0.39, 0.29) is 22.3 Å². The summed E-state index contributed by atoms with van der Waals surface area (Å²) in [7, 11) is 3.26. The maximum Gasteiger partial charge on any atom is 0.204 e. The molecule has 102 valence electrons. The van der Waals surface area contributed by atoms with Gasteiger partial charge in [0, 0.05) is 19.2 Å². The molecule has 5 heteroatoms. The molecule has 3 aromatic rings. The van der Waals surface area contributed by atoms with Crippen molar-refractivity contribution in [3.63, 3.8) is 0 Å². The van der Waals surface area contributed by atoms with Crippen LogP contribution in [0.15, 0.2) is 35.1 Å². The number of hydrogen-bond donors (Lipinski definition) is 2. The first-order chi connectivity index (χ1) is 9.54. The van der Waals surface area contributed by atoms with Crippen LogP contribution >= 0.6 is 0 Å². The summed E-state index contributed by atoms with van der Waals surface area (Å²) in [6.07, 6.45) is 0. The van der Waals surface area contributed by atoms with Gasteiger partial charge in [0.15, 0.2) is 0 Å². The Morgan fingerprint density at radius 3 is 2.45 bits per heavy atom. The monoisotopic (exact) mass is 271 g/mol. The summed E-state index contributed by atoms with van der Waals surface area (Å²) in [5, 5.41) is 20.3. The average Bonchev–Trinajstić information content (AvgIpc) is 2.43. The van der Waals surface area contributed by atoms with E-state index >= 15 is 0 Å². The zero-order chi connectivity index (χ0) is 14.4. The molecule has 20 heavy (non-hydrogen) atoms. The molecule has 0 radical (unpaired) electrons. The van der Waals surface area contributed by atoms with Gasteiger partial charge in [0.25, 0.3) is 0 Å². The number of aryl methyl sites for hydroxylation is 1. The number of pyridine rings is 1. The average molecular weight is 271 g/mol. The molecular formula is C15H13NO4. The SMILES string of the molecule is COc1cc(O)c2c(=O)c3c(O)cccc3n(C)c2c1. The van der Waals surface area contributed by atoms with Crippen molar-refractivity contribution in [3.8, 4) is 17.2 Å². The van der Waals surface area contributed by atoms with E-state index in [1.165, 1.54) is 19.2 Å². The van der Waals surface area contributed by atoms with E-state index in [4.69, 9.17) is 4.74 Å². The number of fused-ring (bicyclic) bond motifs is 2. The van der Waals surface area contributed by atoms with Gasteiger partial charge < -0.3 is 19.5 Å². The number of nitrogens with zero attached hydrogens (tertiary/aromatic N) is 1. The second kappa shape index (κ2) is 4.16. The molecule has 1 heterocycles. The lowest BCUT2D eigenvalue weighted by Gasteiger charge is -2.13. The Hall–Kier alpha value is -2.69. The molecule has 3 rings (SSSR count). The van der Waals surface area contributed by atoms with Crippen molar-refractivity contribution >= 4 is 21.8 Å². The highest BCUT2D eigenvalue weighted by molar-refractivity contribution is 5.99. The van der Waals surface area contributed by atoms with E-state index < -0.39 is 5.43 Å². The number of methoxy groups -OCH3 is 1. The molecule has 0 amide bonds. The van der Waals surface area contributed by atoms with Gasteiger partial charge in [-0.3, -0.25) is 4.79 Å². The van der Waals surface area contributed by atoms with Crippen molar-refractivity contribution in [2.75, 3.05) is 7.11 Å². The molecule has 1 aromatic heterocycles. The summed E-state index contributed by atoms with van der Waals surface area (Å²) in [5.41, 5.74) is 0.742. The van der Waals surface area contributed by atoms with Gasteiger partial charge >= 0.3 is 0 Å². The van der Waals surface area contributed by atoms with Gasteiger partial charge in [0.05, 0.1) is 28.9 Å². The Morgan fingerprint density at radius 1 is 1.05 bits per heavy atom. The third kappa shape index (κ3) is 1.53. The quantitative estimate of drug-likeness (QED) is 0.665. The predicted molar refractivity (Wildman–Crippen MR) is 76.6 cm³/mol. The summed E-state index contributed by atoms with van der Waals surface area (Å²) < 4.78 is 6.85. The number of phenols is 2. The molecule has 0 atom stereocenters. The van der Waals surface area contributed by atoms with E-state index in [1.54, 1.807) is 29.8 Å². The largest absolute Gasteiger partial charge is 0.507 e. The molecule has 2 aromatic carbocycles. The van der Waals surface area contributed by atoms with Gasteiger partial charge in [-0.2, -0.15) is 0 Å². The van der Waals surface area contributed by atoms with Crippen molar-refractivity contribution in [2.45, 2.75) is 0 Å². The van der Waals surface area contributed by atoms with Gasteiger partial charge in [0.1, 0.15) is 17.2 Å². The maximum atomic E-state index is 12.5. The molecular weight excluding hydrogens is 258 g/mol. The molecule has 0 aliphatic rings. The summed E-state index contributed by atoms with van der Waals surface area (Å²) in [6, 6.07) is 7.93.